The maximum Gasteiger partial charge on any atom is 0.241 e. The zero-order valence-corrected chi connectivity index (χ0v) is 13.3. The van der Waals surface area contributed by atoms with Crippen LogP contribution in [0.4, 0.5) is 10.1 Å². The Morgan fingerprint density at radius 2 is 1.95 bits per heavy atom. The molecule has 1 saturated carbocycles. The number of carbonyl (C=O) groups is 1. The van der Waals surface area contributed by atoms with E-state index in [9.17, 15) is 14.3 Å². The predicted molar refractivity (Wildman–Crippen MR) is 85.2 cm³/mol. The Hall–Kier alpha value is -1.46. The number of benzene rings is 1. The average Bonchev–Trinajstić information content (AvgIpc) is 2.93. The molecule has 2 N–H and O–H groups in total. The maximum atomic E-state index is 12.9. The van der Waals surface area contributed by atoms with Crippen LogP contribution in [0, 0.1) is 5.82 Å². The highest BCUT2D eigenvalue weighted by atomic mass is 19.1. The number of halogens is 1. The molecule has 1 aromatic carbocycles. The van der Waals surface area contributed by atoms with E-state index in [1.54, 1.807) is 12.1 Å². The number of amides is 1. The van der Waals surface area contributed by atoms with E-state index in [-0.39, 0.29) is 17.8 Å². The largest absolute Gasteiger partial charge is 0.390 e. The van der Waals surface area contributed by atoms with Gasteiger partial charge in [-0.1, -0.05) is 12.8 Å². The first-order chi connectivity index (χ1) is 10.4. The fraction of sp³-hybridized carbons (Fsp3) is 0.588. The molecule has 2 rings (SSSR count). The number of hydrogen-bond acceptors (Lipinski definition) is 3. The third kappa shape index (κ3) is 4.52. The highest BCUT2D eigenvalue weighted by molar-refractivity contribution is 5.94. The second-order valence-corrected chi connectivity index (χ2v) is 6.33. The van der Waals surface area contributed by atoms with Crippen LogP contribution in [0.3, 0.4) is 0 Å². The summed E-state index contributed by atoms with van der Waals surface area (Å²) < 4.78 is 12.9. The number of nitrogens with one attached hydrogen (secondary N) is 1. The molecule has 0 aromatic heterocycles. The Bertz CT molecular complexity index is 498. The van der Waals surface area contributed by atoms with E-state index in [0.29, 0.717) is 18.7 Å². The summed E-state index contributed by atoms with van der Waals surface area (Å²) in [4.78, 5) is 14.1. The van der Waals surface area contributed by atoms with Crippen LogP contribution in [0.5, 0.6) is 0 Å². The number of likely N-dealkylation sites (N-methyl/N-ethyl adjacent to an activating group) is 1. The molecule has 0 bridgehead atoms. The van der Waals surface area contributed by atoms with Gasteiger partial charge in [0.2, 0.25) is 5.91 Å². The van der Waals surface area contributed by atoms with Crippen LogP contribution in [0.15, 0.2) is 24.3 Å². The van der Waals surface area contributed by atoms with Crippen molar-refractivity contribution in [1.82, 2.24) is 4.90 Å². The summed E-state index contributed by atoms with van der Waals surface area (Å²) in [6.07, 6.45) is 4.58. The fourth-order valence-electron chi connectivity index (χ4n) is 2.84. The van der Waals surface area contributed by atoms with E-state index in [1.807, 2.05) is 18.9 Å². The highest BCUT2D eigenvalue weighted by Crippen LogP contribution is 2.32. The number of aliphatic hydroxyl groups is 1. The molecule has 1 aliphatic carbocycles. The van der Waals surface area contributed by atoms with E-state index in [4.69, 9.17) is 0 Å². The van der Waals surface area contributed by atoms with Crippen LogP contribution in [0.25, 0.3) is 0 Å². The van der Waals surface area contributed by atoms with Crippen molar-refractivity contribution in [2.75, 3.05) is 18.9 Å². The van der Waals surface area contributed by atoms with Crippen molar-refractivity contribution in [3.05, 3.63) is 30.1 Å². The summed E-state index contributed by atoms with van der Waals surface area (Å²) in [5.74, 6) is -0.458. The zero-order chi connectivity index (χ0) is 16.2. The molecule has 1 amide bonds. The monoisotopic (exact) mass is 308 g/mol. The van der Waals surface area contributed by atoms with Crippen molar-refractivity contribution < 1.29 is 14.3 Å². The van der Waals surface area contributed by atoms with E-state index < -0.39 is 5.60 Å². The Balaban J connectivity index is 1.82. The summed E-state index contributed by atoms with van der Waals surface area (Å²) in [6, 6.07) is 5.41. The van der Waals surface area contributed by atoms with Crippen molar-refractivity contribution in [3.63, 3.8) is 0 Å². The van der Waals surface area contributed by atoms with Crippen LogP contribution >= 0.6 is 0 Å². The van der Waals surface area contributed by atoms with Crippen LogP contribution in [-0.4, -0.2) is 41.1 Å². The van der Waals surface area contributed by atoms with Gasteiger partial charge in [-0.2, -0.15) is 0 Å². The zero-order valence-electron chi connectivity index (χ0n) is 13.3. The normalized spacial score (nSPS) is 18.4. The number of rotatable bonds is 6. The third-order valence-corrected chi connectivity index (χ3v) is 4.62. The molecular formula is C17H25FN2O2. The van der Waals surface area contributed by atoms with Crippen LogP contribution < -0.4 is 5.32 Å². The van der Waals surface area contributed by atoms with E-state index in [0.717, 1.165) is 25.7 Å². The number of nitrogens with zero attached hydrogens (tertiary/aromatic N) is 1. The molecule has 0 aliphatic heterocycles. The molecule has 1 fully saturated rings. The van der Waals surface area contributed by atoms with Crippen molar-refractivity contribution >= 4 is 11.6 Å². The molecule has 22 heavy (non-hydrogen) atoms. The first-order valence-electron chi connectivity index (χ1n) is 7.89. The molecule has 1 aromatic rings. The van der Waals surface area contributed by atoms with Gasteiger partial charge in [0.1, 0.15) is 5.82 Å². The molecule has 0 radical (unpaired) electrons. The summed E-state index contributed by atoms with van der Waals surface area (Å²) in [5, 5.41) is 13.1. The molecule has 0 heterocycles. The predicted octanol–water partition coefficient (Wildman–Crippen LogP) is 2.78. The third-order valence-electron chi connectivity index (χ3n) is 4.62. The van der Waals surface area contributed by atoms with Crippen LogP contribution in [0.2, 0.25) is 0 Å². The van der Waals surface area contributed by atoms with Gasteiger partial charge in [0.15, 0.2) is 0 Å². The molecule has 0 saturated heterocycles. The van der Waals surface area contributed by atoms with E-state index >= 15 is 0 Å². The fourth-order valence-corrected chi connectivity index (χ4v) is 2.84. The lowest BCUT2D eigenvalue weighted by Gasteiger charge is -2.28. The minimum atomic E-state index is -0.554. The SMILES string of the molecule is C[C@H](C(=O)Nc1ccc(F)cc1)N(C)CCC1(O)CCCC1. The summed E-state index contributed by atoms with van der Waals surface area (Å²) in [7, 11) is 1.88. The molecule has 5 heteroatoms. The number of hydrogen-bond donors (Lipinski definition) is 2. The lowest BCUT2D eigenvalue weighted by atomic mass is 9.97. The first-order valence-corrected chi connectivity index (χ1v) is 7.89. The number of anilines is 1. The minimum Gasteiger partial charge on any atom is -0.390 e. The molecule has 4 nitrogen and oxygen atoms in total. The lowest BCUT2D eigenvalue weighted by Crippen LogP contribution is -2.42. The average molecular weight is 308 g/mol. The van der Waals surface area contributed by atoms with Gasteiger partial charge < -0.3 is 10.4 Å². The maximum absolute atomic E-state index is 12.9. The van der Waals surface area contributed by atoms with Gasteiger partial charge in [0.25, 0.3) is 0 Å². The molecule has 0 spiro atoms. The molecule has 122 valence electrons. The highest BCUT2D eigenvalue weighted by Gasteiger charge is 2.31. The second kappa shape index (κ2) is 7.20. The minimum absolute atomic E-state index is 0.132. The Kier molecular flexibility index (Phi) is 5.53. The van der Waals surface area contributed by atoms with Crippen molar-refractivity contribution in [1.29, 1.82) is 0 Å². The van der Waals surface area contributed by atoms with Gasteiger partial charge in [-0.3, -0.25) is 9.69 Å². The molecular weight excluding hydrogens is 283 g/mol. The summed E-state index contributed by atoms with van der Waals surface area (Å²) >= 11 is 0. The summed E-state index contributed by atoms with van der Waals surface area (Å²) in [5.41, 5.74) is 0.0302. The summed E-state index contributed by atoms with van der Waals surface area (Å²) in [6.45, 7) is 2.51. The van der Waals surface area contributed by atoms with Gasteiger partial charge in [-0.15, -0.1) is 0 Å². The lowest BCUT2D eigenvalue weighted by molar-refractivity contribution is -0.120. The van der Waals surface area contributed by atoms with Gasteiger partial charge in [0.05, 0.1) is 11.6 Å². The van der Waals surface area contributed by atoms with Gasteiger partial charge >= 0.3 is 0 Å². The van der Waals surface area contributed by atoms with E-state index in [1.165, 1.54) is 12.1 Å². The smallest absolute Gasteiger partial charge is 0.241 e. The standard InChI is InChI=1S/C17H25FN2O2/c1-13(16(21)19-15-7-5-14(18)6-8-15)20(2)12-11-17(22)9-3-4-10-17/h5-8,13,22H,3-4,9-12H2,1-2H3,(H,19,21)/t13-/m1/s1. The van der Waals surface area contributed by atoms with E-state index in [2.05, 4.69) is 5.32 Å². The topological polar surface area (TPSA) is 52.6 Å². The Morgan fingerprint density at radius 3 is 2.55 bits per heavy atom. The van der Waals surface area contributed by atoms with Crippen molar-refractivity contribution in [3.8, 4) is 0 Å². The van der Waals surface area contributed by atoms with Gasteiger partial charge in [-0.25, -0.2) is 4.39 Å². The molecule has 1 atom stereocenters. The molecule has 1 aliphatic rings. The number of carbonyl (C=O) groups excluding carboxylic acids is 1. The quantitative estimate of drug-likeness (QED) is 0.849. The Morgan fingerprint density at radius 1 is 1.36 bits per heavy atom. The van der Waals surface area contributed by atoms with Crippen LogP contribution in [-0.2, 0) is 4.79 Å². The first kappa shape index (κ1) is 16.9. The second-order valence-electron chi connectivity index (χ2n) is 6.33. The van der Waals surface area contributed by atoms with Crippen LogP contribution in [0.1, 0.15) is 39.0 Å². The molecule has 0 unspecified atom stereocenters. The Labute approximate surface area is 131 Å². The van der Waals surface area contributed by atoms with Crippen molar-refractivity contribution in [2.24, 2.45) is 0 Å². The van der Waals surface area contributed by atoms with Crippen molar-refractivity contribution in [2.45, 2.75) is 50.7 Å². The van der Waals surface area contributed by atoms with Gasteiger partial charge in [-0.05, 0) is 57.5 Å². The van der Waals surface area contributed by atoms with Gasteiger partial charge in [0, 0.05) is 12.2 Å².